The summed E-state index contributed by atoms with van der Waals surface area (Å²) in [6, 6.07) is 11.1. The van der Waals surface area contributed by atoms with Crippen molar-refractivity contribution >= 4 is 28.7 Å². The highest BCUT2D eigenvalue weighted by molar-refractivity contribution is 5.88. The van der Waals surface area contributed by atoms with Gasteiger partial charge in [-0.1, -0.05) is 6.07 Å². The van der Waals surface area contributed by atoms with Crippen molar-refractivity contribution in [2.45, 2.75) is 0 Å². The molecule has 0 saturated heterocycles. The summed E-state index contributed by atoms with van der Waals surface area (Å²) in [4.78, 5) is 10.8. The number of aromatic carboxylic acids is 1. The Morgan fingerprint density at radius 1 is 1.05 bits per heavy atom. The third-order valence-corrected chi connectivity index (χ3v) is 2.42. The number of azo groups is 1. The van der Waals surface area contributed by atoms with Gasteiger partial charge in [-0.05, 0) is 36.4 Å². The van der Waals surface area contributed by atoms with Crippen LogP contribution in [0, 0.1) is 0 Å². The maximum atomic E-state index is 10.8. The number of carboxylic acids is 1. The number of hydrogen-bond acceptors (Lipinski definition) is 5. The Balaban J connectivity index is 2.27. The monoisotopic (exact) mass is 256 g/mol. The van der Waals surface area contributed by atoms with Crippen LogP contribution in [0.3, 0.4) is 0 Å². The van der Waals surface area contributed by atoms with Gasteiger partial charge in [0.25, 0.3) is 0 Å². The minimum Gasteiger partial charge on any atom is -0.478 e. The number of anilines is 2. The van der Waals surface area contributed by atoms with Gasteiger partial charge in [-0.15, -0.1) is 5.11 Å². The van der Waals surface area contributed by atoms with Gasteiger partial charge in [-0.3, -0.25) is 0 Å². The highest BCUT2D eigenvalue weighted by atomic mass is 16.4. The molecule has 0 radical (unpaired) electrons. The number of carbonyl (C=O) groups is 1. The van der Waals surface area contributed by atoms with Crippen molar-refractivity contribution in [2.24, 2.45) is 10.2 Å². The van der Waals surface area contributed by atoms with Crippen LogP contribution in [-0.4, -0.2) is 11.1 Å². The fourth-order valence-electron chi connectivity index (χ4n) is 1.48. The minimum absolute atomic E-state index is 0.154. The average Bonchev–Trinajstić information content (AvgIpc) is 2.38. The number of carboxylic acid groups (broad SMARTS) is 1. The van der Waals surface area contributed by atoms with Crippen LogP contribution < -0.4 is 11.5 Å². The fourth-order valence-corrected chi connectivity index (χ4v) is 1.48. The second kappa shape index (κ2) is 5.18. The quantitative estimate of drug-likeness (QED) is 0.578. The summed E-state index contributed by atoms with van der Waals surface area (Å²) in [6.07, 6.45) is 0. The minimum atomic E-state index is -1.01. The zero-order valence-corrected chi connectivity index (χ0v) is 9.95. The first kappa shape index (κ1) is 12.6. The van der Waals surface area contributed by atoms with E-state index >= 15 is 0 Å². The molecule has 0 saturated carbocycles. The Bertz CT molecular complexity index is 653. The Labute approximate surface area is 109 Å². The van der Waals surface area contributed by atoms with Crippen molar-refractivity contribution < 1.29 is 9.90 Å². The molecular formula is C13H12N4O2. The van der Waals surface area contributed by atoms with Crippen molar-refractivity contribution in [2.75, 3.05) is 11.5 Å². The molecule has 2 aromatic carbocycles. The first-order valence-corrected chi connectivity index (χ1v) is 5.46. The molecule has 6 nitrogen and oxygen atoms in total. The van der Waals surface area contributed by atoms with Gasteiger partial charge in [0.1, 0.15) is 5.69 Å². The van der Waals surface area contributed by atoms with E-state index < -0.39 is 5.97 Å². The molecule has 0 aliphatic heterocycles. The Morgan fingerprint density at radius 2 is 1.84 bits per heavy atom. The largest absolute Gasteiger partial charge is 0.478 e. The third-order valence-electron chi connectivity index (χ3n) is 2.42. The predicted molar refractivity (Wildman–Crippen MR) is 72.8 cm³/mol. The number of nitrogen functional groups attached to an aromatic ring is 2. The average molecular weight is 256 g/mol. The molecule has 0 unspecified atom stereocenters. The summed E-state index contributed by atoms with van der Waals surface area (Å²) >= 11 is 0. The van der Waals surface area contributed by atoms with Gasteiger partial charge in [0, 0.05) is 5.69 Å². The first-order valence-electron chi connectivity index (χ1n) is 5.46. The standard InChI is InChI=1S/C13H12N4O2/c14-9-4-5-12(11(15)7-9)17-16-10-3-1-2-8(6-10)13(18)19/h1-7H,14-15H2,(H,18,19). The lowest BCUT2D eigenvalue weighted by molar-refractivity contribution is 0.0697. The van der Waals surface area contributed by atoms with Crippen LogP contribution in [0.15, 0.2) is 52.7 Å². The predicted octanol–water partition coefficient (Wildman–Crippen LogP) is 2.96. The second-order valence-electron chi connectivity index (χ2n) is 3.87. The number of benzene rings is 2. The summed E-state index contributed by atoms with van der Waals surface area (Å²) in [6.45, 7) is 0. The molecule has 5 N–H and O–H groups in total. The van der Waals surface area contributed by atoms with Crippen molar-refractivity contribution in [1.82, 2.24) is 0 Å². The molecule has 0 spiro atoms. The molecule has 0 amide bonds. The van der Waals surface area contributed by atoms with E-state index in [1.807, 2.05) is 0 Å². The van der Waals surface area contributed by atoms with E-state index in [-0.39, 0.29) is 5.56 Å². The Kier molecular flexibility index (Phi) is 3.42. The van der Waals surface area contributed by atoms with Crippen LogP contribution in [-0.2, 0) is 0 Å². The normalized spacial score (nSPS) is 10.7. The lowest BCUT2D eigenvalue weighted by Gasteiger charge is -2.00. The van der Waals surface area contributed by atoms with Crippen LogP contribution in [0.25, 0.3) is 0 Å². The number of rotatable bonds is 3. The van der Waals surface area contributed by atoms with E-state index in [1.165, 1.54) is 12.1 Å². The van der Waals surface area contributed by atoms with E-state index in [4.69, 9.17) is 16.6 Å². The molecule has 6 heteroatoms. The molecular weight excluding hydrogens is 244 g/mol. The lowest BCUT2D eigenvalue weighted by atomic mass is 10.2. The van der Waals surface area contributed by atoms with Crippen molar-refractivity contribution in [1.29, 1.82) is 0 Å². The Morgan fingerprint density at radius 3 is 2.53 bits per heavy atom. The molecule has 0 aromatic heterocycles. The van der Waals surface area contributed by atoms with Gasteiger partial charge in [0.2, 0.25) is 0 Å². The summed E-state index contributed by atoms with van der Waals surface area (Å²) < 4.78 is 0. The zero-order chi connectivity index (χ0) is 13.8. The molecule has 0 heterocycles. The third kappa shape index (κ3) is 3.06. The SMILES string of the molecule is Nc1ccc(N=Nc2cccc(C(=O)O)c2)c(N)c1. The van der Waals surface area contributed by atoms with Crippen molar-refractivity contribution in [3.8, 4) is 0 Å². The number of hydrogen-bond donors (Lipinski definition) is 3. The fraction of sp³-hybridized carbons (Fsp3) is 0. The van der Waals surface area contributed by atoms with Gasteiger partial charge in [0.15, 0.2) is 0 Å². The summed E-state index contributed by atoms with van der Waals surface area (Å²) in [5, 5.41) is 16.8. The lowest BCUT2D eigenvalue weighted by Crippen LogP contribution is -1.94. The van der Waals surface area contributed by atoms with E-state index in [1.54, 1.807) is 30.3 Å². The van der Waals surface area contributed by atoms with Crippen molar-refractivity contribution in [3.05, 3.63) is 48.0 Å². The molecule has 2 aromatic rings. The first-order chi connectivity index (χ1) is 9.06. The molecule has 0 aliphatic carbocycles. The zero-order valence-electron chi connectivity index (χ0n) is 9.95. The maximum absolute atomic E-state index is 10.8. The summed E-state index contributed by atoms with van der Waals surface area (Å²) in [5.74, 6) is -1.01. The molecule has 96 valence electrons. The molecule has 19 heavy (non-hydrogen) atoms. The van der Waals surface area contributed by atoms with Crippen LogP contribution in [0.1, 0.15) is 10.4 Å². The number of nitrogens with zero attached hydrogens (tertiary/aromatic N) is 2. The van der Waals surface area contributed by atoms with Gasteiger partial charge in [0.05, 0.1) is 16.9 Å². The van der Waals surface area contributed by atoms with Crippen LogP contribution >= 0.6 is 0 Å². The molecule has 0 bridgehead atoms. The molecule has 0 aliphatic rings. The van der Waals surface area contributed by atoms with Crippen LogP contribution in [0.5, 0.6) is 0 Å². The Hall–Kier alpha value is -2.89. The van der Waals surface area contributed by atoms with E-state index in [0.717, 1.165) is 0 Å². The molecule has 0 atom stereocenters. The smallest absolute Gasteiger partial charge is 0.335 e. The summed E-state index contributed by atoms with van der Waals surface area (Å²) in [7, 11) is 0. The molecule has 2 rings (SSSR count). The summed E-state index contributed by atoms with van der Waals surface area (Å²) in [5.41, 5.74) is 13.3. The molecule has 0 fully saturated rings. The van der Waals surface area contributed by atoms with E-state index in [2.05, 4.69) is 10.2 Å². The van der Waals surface area contributed by atoms with E-state index in [9.17, 15) is 4.79 Å². The topological polar surface area (TPSA) is 114 Å². The van der Waals surface area contributed by atoms with Gasteiger partial charge in [-0.2, -0.15) is 5.11 Å². The number of nitrogens with two attached hydrogens (primary N) is 2. The van der Waals surface area contributed by atoms with Crippen LogP contribution in [0.4, 0.5) is 22.7 Å². The highest BCUT2D eigenvalue weighted by Gasteiger charge is 2.03. The van der Waals surface area contributed by atoms with Crippen LogP contribution in [0.2, 0.25) is 0 Å². The highest BCUT2D eigenvalue weighted by Crippen LogP contribution is 2.26. The van der Waals surface area contributed by atoms with E-state index in [0.29, 0.717) is 22.7 Å². The van der Waals surface area contributed by atoms with Gasteiger partial charge < -0.3 is 16.6 Å². The van der Waals surface area contributed by atoms with Gasteiger partial charge >= 0.3 is 5.97 Å². The second-order valence-corrected chi connectivity index (χ2v) is 3.87. The van der Waals surface area contributed by atoms with Gasteiger partial charge in [-0.25, -0.2) is 4.79 Å². The van der Waals surface area contributed by atoms with Crippen molar-refractivity contribution in [3.63, 3.8) is 0 Å². The maximum Gasteiger partial charge on any atom is 0.335 e.